The highest BCUT2D eigenvalue weighted by Crippen LogP contribution is 2.31. The molecule has 158 valence electrons. The number of rotatable bonds is 10. The number of ether oxygens (including phenoxy) is 2. The molecule has 3 aromatic rings. The molecule has 0 fully saturated rings. The third-order valence-corrected chi connectivity index (χ3v) is 5.28. The van der Waals surface area contributed by atoms with Crippen LogP contribution >= 0.6 is 23.2 Å². The maximum atomic E-state index is 13.0. The van der Waals surface area contributed by atoms with Gasteiger partial charge in [-0.25, -0.2) is 4.39 Å². The van der Waals surface area contributed by atoms with Crippen molar-refractivity contribution in [1.82, 2.24) is 5.32 Å². The lowest BCUT2D eigenvalue weighted by Crippen LogP contribution is -2.16. The van der Waals surface area contributed by atoms with Crippen LogP contribution in [0.25, 0.3) is 0 Å². The summed E-state index contributed by atoms with van der Waals surface area (Å²) in [7, 11) is 0. The van der Waals surface area contributed by atoms with Crippen molar-refractivity contribution in [3.05, 3.63) is 93.2 Å². The van der Waals surface area contributed by atoms with Gasteiger partial charge < -0.3 is 14.8 Å². The van der Waals surface area contributed by atoms with Gasteiger partial charge in [0.15, 0.2) is 11.5 Å². The molecule has 0 bridgehead atoms. The monoisotopic (exact) mass is 447 g/mol. The molecule has 30 heavy (non-hydrogen) atoms. The quantitative estimate of drug-likeness (QED) is 0.362. The van der Waals surface area contributed by atoms with Crippen molar-refractivity contribution in [2.75, 3.05) is 13.2 Å². The van der Waals surface area contributed by atoms with Gasteiger partial charge in [-0.1, -0.05) is 47.5 Å². The van der Waals surface area contributed by atoms with Crippen molar-refractivity contribution in [2.45, 2.75) is 26.5 Å². The highest BCUT2D eigenvalue weighted by molar-refractivity contribution is 6.35. The minimum atomic E-state index is -0.214. The van der Waals surface area contributed by atoms with E-state index in [4.69, 9.17) is 32.7 Å². The van der Waals surface area contributed by atoms with E-state index in [1.165, 1.54) is 12.1 Å². The Kier molecular flexibility index (Phi) is 8.38. The summed E-state index contributed by atoms with van der Waals surface area (Å²) >= 11 is 12.4. The summed E-state index contributed by atoms with van der Waals surface area (Å²) in [6.45, 7) is 4.21. The molecule has 0 saturated carbocycles. The van der Waals surface area contributed by atoms with E-state index >= 15 is 0 Å². The van der Waals surface area contributed by atoms with Gasteiger partial charge in [0.25, 0.3) is 0 Å². The van der Waals surface area contributed by atoms with Gasteiger partial charge in [0.1, 0.15) is 12.4 Å². The van der Waals surface area contributed by atoms with E-state index in [0.717, 1.165) is 29.7 Å². The zero-order chi connectivity index (χ0) is 21.3. The van der Waals surface area contributed by atoms with E-state index in [1.54, 1.807) is 18.2 Å². The van der Waals surface area contributed by atoms with Gasteiger partial charge in [0, 0.05) is 22.2 Å². The number of benzene rings is 3. The van der Waals surface area contributed by atoms with Crippen LogP contribution in [0.2, 0.25) is 10.0 Å². The molecular weight excluding hydrogens is 424 g/mol. The summed E-state index contributed by atoms with van der Waals surface area (Å²) in [5, 5.41) is 4.54. The predicted molar refractivity (Wildman–Crippen MR) is 120 cm³/mol. The summed E-state index contributed by atoms with van der Waals surface area (Å²) in [5.41, 5.74) is 2.93. The summed E-state index contributed by atoms with van der Waals surface area (Å²) in [6.07, 6.45) is 0.832. The van der Waals surface area contributed by atoms with Crippen LogP contribution in [0.1, 0.15) is 23.6 Å². The lowest BCUT2D eigenvalue weighted by Gasteiger charge is -2.15. The van der Waals surface area contributed by atoms with Gasteiger partial charge in [-0.15, -0.1) is 0 Å². The summed E-state index contributed by atoms with van der Waals surface area (Å²) in [6, 6.07) is 17.8. The molecule has 0 atom stereocenters. The molecule has 3 aromatic carbocycles. The van der Waals surface area contributed by atoms with E-state index in [1.807, 2.05) is 37.3 Å². The van der Waals surface area contributed by atoms with Gasteiger partial charge in [0.2, 0.25) is 0 Å². The average Bonchev–Trinajstić information content (AvgIpc) is 2.73. The number of nitrogens with one attached hydrogen (secondary N) is 1. The molecule has 6 heteroatoms. The second-order valence-corrected chi connectivity index (χ2v) is 7.57. The number of halogens is 3. The van der Waals surface area contributed by atoms with Gasteiger partial charge >= 0.3 is 0 Å². The highest BCUT2D eigenvalue weighted by Gasteiger charge is 2.10. The van der Waals surface area contributed by atoms with Crippen molar-refractivity contribution in [3.8, 4) is 11.5 Å². The fraction of sp³-hybridized carbons (Fsp3) is 0.250. The summed E-state index contributed by atoms with van der Waals surface area (Å²) < 4.78 is 24.7. The minimum absolute atomic E-state index is 0.214. The van der Waals surface area contributed by atoms with Crippen LogP contribution in [0.4, 0.5) is 4.39 Å². The maximum absolute atomic E-state index is 13.0. The molecule has 1 N–H and O–H groups in total. The van der Waals surface area contributed by atoms with E-state index in [9.17, 15) is 4.39 Å². The van der Waals surface area contributed by atoms with E-state index < -0.39 is 0 Å². The van der Waals surface area contributed by atoms with Gasteiger partial charge in [-0.3, -0.25) is 0 Å². The van der Waals surface area contributed by atoms with Crippen molar-refractivity contribution in [2.24, 2.45) is 0 Å². The molecule has 3 nitrogen and oxygen atoms in total. The van der Waals surface area contributed by atoms with Crippen molar-refractivity contribution < 1.29 is 13.9 Å². The Balaban J connectivity index is 1.58. The van der Waals surface area contributed by atoms with Crippen LogP contribution in [-0.4, -0.2) is 13.2 Å². The predicted octanol–water partition coefficient (Wildman–Crippen LogP) is 6.44. The van der Waals surface area contributed by atoms with Crippen molar-refractivity contribution in [1.29, 1.82) is 0 Å². The van der Waals surface area contributed by atoms with Crippen LogP contribution in [-0.2, 0) is 19.6 Å². The van der Waals surface area contributed by atoms with Gasteiger partial charge in [-0.05, 0) is 67.4 Å². The van der Waals surface area contributed by atoms with Crippen LogP contribution in [0.3, 0.4) is 0 Å². The molecule has 0 amide bonds. The first-order valence-electron chi connectivity index (χ1n) is 9.83. The molecule has 0 radical (unpaired) electrons. The molecule has 0 aliphatic rings. The summed E-state index contributed by atoms with van der Waals surface area (Å²) in [4.78, 5) is 0. The number of hydrogen-bond acceptors (Lipinski definition) is 3. The van der Waals surface area contributed by atoms with Crippen molar-refractivity contribution in [3.63, 3.8) is 0 Å². The zero-order valence-corrected chi connectivity index (χ0v) is 18.3. The first-order chi connectivity index (χ1) is 14.6. The largest absolute Gasteiger partial charge is 0.490 e. The van der Waals surface area contributed by atoms with Gasteiger partial charge in [-0.2, -0.15) is 0 Å². The van der Waals surface area contributed by atoms with E-state index in [2.05, 4.69) is 5.32 Å². The Morgan fingerprint density at radius 1 is 0.867 bits per heavy atom. The Morgan fingerprint density at radius 2 is 1.57 bits per heavy atom. The van der Waals surface area contributed by atoms with Crippen LogP contribution in [0, 0.1) is 5.82 Å². The highest BCUT2D eigenvalue weighted by atomic mass is 35.5. The third-order valence-electron chi connectivity index (χ3n) is 4.57. The Labute approximate surface area is 186 Å². The second kappa shape index (κ2) is 11.2. The fourth-order valence-electron chi connectivity index (χ4n) is 2.99. The van der Waals surface area contributed by atoms with Crippen LogP contribution in [0.5, 0.6) is 11.5 Å². The molecular formula is C24H24Cl2FNO2. The summed E-state index contributed by atoms with van der Waals surface area (Å²) in [5.74, 6) is 1.11. The lowest BCUT2D eigenvalue weighted by molar-refractivity contribution is 0.269. The normalized spacial score (nSPS) is 10.8. The Hall–Kier alpha value is -2.27. The average molecular weight is 448 g/mol. The first-order valence-corrected chi connectivity index (χ1v) is 10.6. The van der Waals surface area contributed by atoms with E-state index in [0.29, 0.717) is 34.7 Å². The molecule has 0 spiro atoms. The minimum Gasteiger partial charge on any atom is -0.490 e. The SMILES string of the molecule is CCOc1cc(CNCCc2ccc(F)cc2)ccc1OCc1c(Cl)cccc1Cl. The third kappa shape index (κ3) is 6.36. The molecule has 0 heterocycles. The molecule has 0 saturated heterocycles. The topological polar surface area (TPSA) is 30.5 Å². The van der Waals surface area contributed by atoms with Gasteiger partial charge in [0.05, 0.1) is 6.61 Å². The molecule has 0 unspecified atom stereocenters. The molecule has 0 aliphatic carbocycles. The number of hydrogen-bond donors (Lipinski definition) is 1. The molecule has 0 aliphatic heterocycles. The zero-order valence-electron chi connectivity index (χ0n) is 16.8. The molecule has 3 rings (SSSR count). The Morgan fingerprint density at radius 3 is 2.27 bits per heavy atom. The Bertz CT molecular complexity index is 944. The second-order valence-electron chi connectivity index (χ2n) is 6.76. The fourth-order valence-corrected chi connectivity index (χ4v) is 3.49. The smallest absolute Gasteiger partial charge is 0.161 e. The van der Waals surface area contributed by atoms with E-state index in [-0.39, 0.29) is 12.4 Å². The maximum Gasteiger partial charge on any atom is 0.161 e. The molecule has 0 aromatic heterocycles. The first kappa shape index (κ1) is 22.4. The van der Waals surface area contributed by atoms with Crippen molar-refractivity contribution >= 4 is 23.2 Å². The standard InChI is InChI=1S/C24H24Cl2FNO2/c1-2-29-24-14-18(15-28-13-12-17-6-9-19(27)10-7-17)8-11-23(24)30-16-20-21(25)4-3-5-22(20)26/h3-11,14,28H,2,12-13,15-16H2,1H3. The van der Waals surface area contributed by atoms with Crippen LogP contribution < -0.4 is 14.8 Å². The van der Waals surface area contributed by atoms with Crippen LogP contribution in [0.15, 0.2) is 60.7 Å². The lowest BCUT2D eigenvalue weighted by atomic mass is 10.1.